The number of hydrogen-bond donors (Lipinski definition) is 1. The number of halogens is 1. The fourth-order valence-corrected chi connectivity index (χ4v) is 3.78. The summed E-state index contributed by atoms with van der Waals surface area (Å²) in [6.45, 7) is 0.891. The highest BCUT2D eigenvalue weighted by atomic mass is 35.5. The van der Waals surface area contributed by atoms with Gasteiger partial charge in [0.25, 0.3) is 0 Å². The number of nitrogens with zero attached hydrogens (tertiary/aromatic N) is 3. The van der Waals surface area contributed by atoms with Crippen molar-refractivity contribution in [1.29, 1.82) is 0 Å². The molecule has 2 aromatic rings. The highest BCUT2D eigenvalue weighted by Crippen LogP contribution is 2.28. The summed E-state index contributed by atoms with van der Waals surface area (Å²) in [5, 5.41) is 1.22. The molecule has 0 spiro atoms. The summed E-state index contributed by atoms with van der Waals surface area (Å²) in [5.74, 6) is 1.78. The molecule has 3 heterocycles. The van der Waals surface area contributed by atoms with Gasteiger partial charge in [-0.1, -0.05) is 18.0 Å². The molecule has 1 aliphatic rings. The molecule has 1 fully saturated rings. The number of fused-ring (bicyclic) bond motifs is 1. The Morgan fingerprint density at radius 2 is 2.39 bits per heavy atom. The van der Waals surface area contributed by atoms with E-state index in [2.05, 4.69) is 9.97 Å². The van der Waals surface area contributed by atoms with Gasteiger partial charge in [-0.3, -0.25) is 4.57 Å². The quantitative estimate of drug-likeness (QED) is 0.920. The Morgan fingerprint density at radius 3 is 3.17 bits per heavy atom. The van der Waals surface area contributed by atoms with Crippen LogP contribution in [0.15, 0.2) is 12.3 Å². The number of thioether (sulfide) groups is 1. The van der Waals surface area contributed by atoms with Gasteiger partial charge in [-0.25, -0.2) is 9.97 Å². The number of rotatable bonds is 2. The maximum absolute atomic E-state index is 5.98. The number of anilines is 1. The molecular weight excluding hydrogens is 268 g/mol. The fourth-order valence-electron chi connectivity index (χ4n) is 2.34. The summed E-state index contributed by atoms with van der Waals surface area (Å²) in [6.07, 6.45) is 5.53. The van der Waals surface area contributed by atoms with Crippen LogP contribution in [0.5, 0.6) is 0 Å². The lowest BCUT2D eigenvalue weighted by Gasteiger charge is -2.22. The van der Waals surface area contributed by atoms with E-state index >= 15 is 0 Å². The van der Waals surface area contributed by atoms with Crippen LogP contribution in [0.25, 0.3) is 11.2 Å². The fraction of sp³-hybridized carbons (Fsp3) is 0.500. The van der Waals surface area contributed by atoms with E-state index in [-0.39, 0.29) is 0 Å². The van der Waals surface area contributed by atoms with E-state index in [1.807, 2.05) is 22.4 Å². The van der Waals surface area contributed by atoms with Gasteiger partial charge in [-0.05, 0) is 24.7 Å². The number of nitrogens with two attached hydrogens (primary N) is 1. The molecular formula is C12H15ClN4S. The standard InChI is InChI=1S/C12H15ClN4S/c13-8-5-10-11(15-6-8)17(12(14)16-10)7-9-3-1-2-4-18-9/h5-6,9H,1-4,7H2,(H2,14,16). The summed E-state index contributed by atoms with van der Waals surface area (Å²) >= 11 is 7.94. The molecule has 0 aliphatic carbocycles. The lowest BCUT2D eigenvalue weighted by atomic mass is 10.2. The predicted octanol–water partition coefficient (Wildman–Crippen LogP) is 2.95. The Labute approximate surface area is 115 Å². The van der Waals surface area contributed by atoms with E-state index in [4.69, 9.17) is 17.3 Å². The van der Waals surface area contributed by atoms with Crippen molar-refractivity contribution in [3.05, 3.63) is 17.3 Å². The Kier molecular flexibility index (Phi) is 3.35. The number of nitrogen functional groups attached to an aromatic ring is 1. The molecule has 1 saturated heterocycles. The first-order chi connectivity index (χ1) is 8.74. The average Bonchev–Trinajstić information content (AvgIpc) is 2.66. The summed E-state index contributed by atoms with van der Waals surface area (Å²) in [5.41, 5.74) is 7.59. The third-order valence-electron chi connectivity index (χ3n) is 3.24. The summed E-state index contributed by atoms with van der Waals surface area (Å²) in [7, 11) is 0. The van der Waals surface area contributed by atoms with Crippen LogP contribution in [0.1, 0.15) is 19.3 Å². The molecule has 2 N–H and O–H groups in total. The molecule has 0 aromatic carbocycles. The minimum atomic E-state index is 0.533. The molecule has 1 unspecified atom stereocenters. The van der Waals surface area contributed by atoms with Gasteiger partial charge < -0.3 is 5.73 Å². The normalized spacial score (nSPS) is 20.4. The van der Waals surface area contributed by atoms with Gasteiger partial charge in [0, 0.05) is 18.0 Å². The van der Waals surface area contributed by atoms with E-state index in [0.717, 1.165) is 17.7 Å². The predicted molar refractivity (Wildman–Crippen MR) is 77.0 cm³/mol. The second kappa shape index (κ2) is 4.97. The van der Waals surface area contributed by atoms with Gasteiger partial charge >= 0.3 is 0 Å². The lowest BCUT2D eigenvalue weighted by molar-refractivity contribution is 0.593. The molecule has 0 bridgehead atoms. The van der Waals surface area contributed by atoms with Crippen molar-refractivity contribution in [1.82, 2.24) is 14.5 Å². The maximum Gasteiger partial charge on any atom is 0.202 e. The minimum Gasteiger partial charge on any atom is -0.369 e. The van der Waals surface area contributed by atoms with E-state index in [1.165, 1.54) is 25.0 Å². The van der Waals surface area contributed by atoms with Gasteiger partial charge in [0.1, 0.15) is 5.52 Å². The third kappa shape index (κ3) is 2.29. The first kappa shape index (κ1) is 12.1. The van der Waals surface area contributed by atoms with Gasteiger partial charge in [0.05, 0.1) is 5.02 Å². The molecule has 1 aliphatic heterocycles. The van der Waals surface area contributed by atoms with Crippen molar-refractivity contribution in [2.45, 2.75) is 31.1 Å². The Bertz CT molecular complexity index is 562. The van der Waals surface area contributed by atoms with Crippen LogP contribution in [0, 0.1) is 0 Å². The van der Waals surface area contributed by atoms with E-state index in [1.54, 1.807) is 6.20 Å². The molecule has 2 aromatic heterocycles. The van der Waals surface area contributed by atoms with Crippen LogP contribution >= 0.6 is 23.4 Å². The molecule has 0 radical (unpaired) electrons. The van der Waals surface area contributed by atoms with Crippen molar-refractivity contribution in [3.8, 4) is 0 Å². The topological polar surface area (TPSA) is 56.7 Å². The zero-order valence-corrected chi connectivity index (χ0v) is 11.5. The first-order valence-corrected chi connectivity index (χ1v) is 7.55. The van der Waals surface area contributed by atoms with Crippen LogP contribution < -0.4 is 5.73 Å². The summed E-state index contributed by atoms with van der Waals surface area (Å²) < 4.78 is 2.01. The van der Waals surface area contributed by atoms with Crippen LogP contribution in [0.2, 0.25) is 5.02 Å². The van der Waals surface area contributed by atoms with Crippen molar-refractivity contribution < 1.29 is 0 Å². The largest absolute Gasteiger partial charge is 0.369 e. The summed E-state index contributed by atoms with van der Waals surface area (Å²) in [6, 6.07) is 1.81. The van der Waals surface area contributed by atoms with Crippen LogP contribution in [-0.4, -0.2) is 25.5 Å². The second-order valence-corrected chi connectivity index (χ2v) is 6.41. The molecule has 18 heavy (non-hydrogen) atoms. The van der Waals surface area contributed by atoms with E-state index < -0.39 is 0 Å². The van der Waals surface area contributed by atoms with Gasteiger partial charge in [-0.15, -0.1) is 0 Å². The van der Waals surface area contributed by atoms with Crippen molar-refractivity contribution in [3.63, 3.8) is 0 Å². The highest BCUT2D eigenvalue weighted by Gasteiger charge is 2.18. The third-order valence-corrected chi connectivity index (χ3v) is 4.83. The first-order valence-electron chi connectivity index (χ1n) is 6.13. The van der Waals surface area contributed by atoms with Crippen LogP contribution in [0.3, 0.4) is 0 Å². The number of hydrogen-bond acceptors (Lipinski definition) is 4. The van der Waals surface area contributed by atoms with Crippen LogP contribution in [-0.2, 0) is 6.54 Å². The van der Waals surface area contributed by atoms with Crippen molar-refractivity contribution >= 4 is 40.5 Å². The van der Waals surface area contributed by atoms with Gasteiger partial charge in [0.15, 0.2) is 5.65 Å². The molecule has 6 heteroatoms. The highest BCUT2D eigenvalue weighted by molar-refractivity contribution is 7.99. The van der Waals surface area contributed by atoms with E-state index in [9.17, 15) is 0 Å². The minimum absolute atomic E-state index is 0.533. The van der Waals surface area contributed by atoms with E-state index in [0.29, 0.717) is 16.2 Å². The maximum atomic E-state index is 5.98. The van der Waals surface area contributed by atoms with Gasteiger partial charge in [0.2, 0.25) is 5.95 Å². The number of pyridine rings is 1. The molecule has 3 rings (SSSR count). The smallest absolute Gasteiger partial charge is 0.202 e. The summed E-state index contributed by atoms with van der Waals surface area (Å²) in [4.78, 5) is 8.67. The molecule has 0 saturated carbocycles. The molecule has 4 nitrogen and oxygen atoms in total. The Hall–Kier alpha value is -0.940. The Balaban J connectivity index is 1.92. The number of aromatic nitrogens is 3. The SMILES string of the molecule is Nc1nc2cc(Cl)cnc2n1CC1CCCCS1. The zero-order valence-electron chi connectivity index (χ0n) is 9.97. The van der Waals surface area contributed by atoms with Crippen molar-refractivity contribution in [2.75, 3.05) is 11.5 Å². The Morgan fingerprint density at radius 1 is 1.50 bits per heavy atom. The second-order valence-electron chi connectivity index (χ2n) is 4.57. The monoisotopic (exact) mass is 282 g/mol. The molecule has 0 amide bonds. The molecule has 1 atom stereocenters. The molecule has 96 valence electrons. The lowest BCUT2D eigenvalue weighted by Crippen LogP contribution is -2.18. The average molecular weight is 283 g/mol. The van der Waals surface area contributed by atoms with Gasteiger partial charge in [-0.2, -0.15) is 11.8 Å². The van der Waals surface area contributed by atoms with Crippen molar-refractivity contribution in [2.24, 2.45) is 0 Å². The zero-order chi connectivity index (χ0) is 12.5. The number of imidazole rings is 1. The van der Waals surface area contributed by atoms with Crippen LogP contribution in [0.4, 0.5) is 5.95 Å².